The van der Waals surface area contributed by atoms with Gasteiger partial charge in [0.15, 0.2) is 4.67 Å². The minimum atomic E-state index is -3.75. The molecule has 0 saturated carbocycles. The van der Waals surface area contributed by atoms with Gasteiger partial charge in [-0.1, -0.05) is 80.4 Å². The molecule has 2 aromatic carbocycles. The van der Waals surface area contributed by atoms with Crippen LogP contribution in [0.5, 0.6) is 0 Å². The molecule has 0 fully saturated rings. The second kappa shape index (κ2) is 7.19. The maximum Gasteiger partial charge on any atom is 0.283 e. The highest BCUT2D eigenvalue weighted by atomic mass is 35.5. The average molecular weight is 400 g/mol. The lowest BCUT2D eigenvalue weighted by atomic mass is 10.4. The van der Waals surface area contributed by atoms with Crippen LogP contribution in [0.1, 0.15) is 0 Å². The average Bonchev–Trinajstić information content (AvgIpc) is 2.89. The third-order valence-corrected chi connectivity index (χ3v) is 8.70. The van der Waals surface area contributed by atoms with Crippen LogP contribution in [0.2, 0.25) is 5.02 Å². The summed E-state index contributed by atoms with van der Waals surface area (Å²) >= 11 is 7.81. The number of hydrogen-bond acceptors (Lipinski definition) is 5. The first-order chi connectivity index (χ1) is 11.1. The molecule has 3 aromatic rings. The normalized spacial score (nSPS) is 12.5. The molecule has 0 N–H and O–H groups in total. The van der Waals surface area contributed by atoms with Gasteiger partial charge >= 0.3 is 0 Å². The quantitative estimate of drug-likeness (QED) is 0.586. The molecule has 1 aromatic heterocycles. The first kappa shape index (κ1) is 16.7. The van der Waals surface area contributed by atoms with Crippen LogP contribution in [-0.4, -0.2) is 8.42 Å². The molecule has 0 aliphatic rings. The van der Waals surface area contributed by atoms with Crippen molar-refractivity contribution in [2.45, 2.75) is 14.0 Å². The lowest BCUT2D eigenvalue weighted by Gasteiger charge is -1.98. The van der Waals surface area contributed by atoms with E-state index in [4.69, 9.17) is 11.6 Å². The minimum Gasteiger partial charge on any atom is -0.199 e. The van der Waals surface area contributed by atoms with Gasteiger partial charge in [0.2, 0.25) is 0 Å². The highest BCUT2D eigenvalue weighted by Gasteiger charge is 2.15. The van der Waals surface area contributed by atoms with Crippen LogP contribution in [0.4, 0.5) is 0 Å². The molecular formula is C15H10ClNO2S4. The van der Waals surface area contributed by atoms with Crippen LogP contribution in [-0.2, 0) is 10.0 Å². The zero-order valence-electron chi connectivity index (χ0n) is 11.5. The Morgan fingerprint density at radius 3 is 2.17 bits per heavy atom. The first-order valence-electron chi connectivity index (χ1n) is 6.44. The fourth-order valence-corrected chi connectivity index (χ4v) is 7.35. The lowest BCUT2D eigenvalue weighted by Crippen LogP contribution is -2.04. The molecule has 0 aliphatic carbocycles. The maximum atomic E-state index is 12.3. The van der Waals surface area contributed by atoms with Gasteiger partial charge < -0.3 is 0 Å². The van der Waals surface area contributed by atoms with Crippen molar-refractivity contribution >= 4 is 54.1 Å². The van der Waals surface area contributed by atoms with Gasteiger partial charge in [0, 0.05) is 4.90 Å². The number of hydrogen-bond donors (Lipinski definition) is 0. The summed E-state index contributed by atoms with van der Waals surface area (Å²) in [4.78, 5) is 1.20. The Labute approximate surface area is 150 Å². The summed E-state index contributed by atoms with van der Waals surface area (Å²) in [5.74, 6) is 0. The van der Waals surface area contributed by atoms with E-state index in [-0.39, 0.29) is 4.90 Å². The van der Waals surface area contributed by atoms with Gasteiger partial charge in [-0.15, -0.1) is 4.40 Å². The Hall–Kier alpha value is -1.12. The van der Waals surface area contributed by atoms with E-state index in [9.17, 15) is 8.42 Å². The molecule has 1 heterocycles. The molecular weight excluding hydrogens is 390 g/mol. The SMILES string of the molecule is O=S(=O)(N=c1ssc(Sc2ccccc2)c1Cl)c1ccccc1. The van der Waals surface area contributed by atoms with Crippen molar-refractivity contribution < 1.29 is 8.42 Å². The van der Waals surface area contributed by atoms with E-state index in [2.05, 4.69) is 4.40 Å². The van der Waals surface area contributed by atoms with E-state index < -0.39 is 10.0 Å². The highest BCUT2D eigenvalue weighted by molar-refractivity contribution is 8.03. The lowest BCUT2D eigenvalue weighted by molar-refractivity contribution is 0.597. The zero-order valence-corrected chi connectivity index (χ0v) is 15.6. The van der Waals surface area contributed by atoms with Gasteiger partial charge in [-0.05, 0) is 24.3 Å². The van der Waals surface area contributed by atoms with Crippen LogP contribution in [0.25, 0.3) is 0 Å². The Morgan fingerprint density at radius 1 is 0.913 bits per heavy atom. The minimum absolute atomic E-state index is 0.159. The van der Waals surface area contributed by atoms with Crippen molar-refractivity contribution in [2.75, 3.05) is 0 Å². The third-order valence-electron chi connectivity index (χ3n) is 2.76. The van der Waals surface area contributed by atoms with E-state index in [1.165, 1.54) is 44.6 Å². The standard InChI is InChI=1S/C15H10ClNO2S4/c16-13-14(17-23(18,19)12-9-5-2-6-10-12)21-22-15(13)20-11-7-3-1-4-8-11/h1-10H. The first-order valence-corrected chi connectivity index (χ1v) is 11.2. The monoisotopic (exact) mass is 399 g/mol. The summed E-state index contributed by atoms with van der Waals surface area (Å²) in [6.07, 6.45) is 0. The number of nitrogens with zero attached hydrogens (tertiary/aromatic N) is 1. The van der Waals surface area contributed by atoms with Crippen molar-refractivity contribution in [1.29, 1.82) is 0 Å². The number of sulfonamides is 1. The van der Waals surface area contributed by atoms with Gasteiger partial charge in [0.1, 0.15) is 5.02 Å². The van der Waals surface area contributed by atoms with Crippen LogP contribution < -0.4 is 4.67 Å². The Kier molecular flexibility index (Phi) is 5.23. The molecule has 23 heavy (non-hydrogen) atoms. The van der Waals surface area contributed by atoms with Crippen molar-refractivity contribution in [2.24, 2.45) is 4.40 Å². The van der Waals surface area contributed by atoms with Gasteiger partial charge in [-0.2, -0.15) is 8.42 Å². The van der Waals surface area contributed by atoms with Crippen molar-refractivity contribution in [3.05, 3.63) is 70.4 Å². The van der Waals surface area contributed by atoms with E-state index in [1.807, 2.05) is 30.3 Å². The van der Waals surface area contributed by atoms with E-state index in [0.717, 1.165) is 9.10 Å². The fourth-order valence-electron chi connectivity index (χ4n) is 1.70. The van der Waals surface area contributed by atoms with Crippen molar-refractivity contribution in [3.8, 4) is 0 Å². The van der Waals surface area contributed by atoms with Crippen LogP contribution in [0.15, 0.2) is 79.1 Å². The van der Waals surface area contributed by atoms with Crippen LogP contribution in [0.3, 0.4) is 0 Å². The second-order valence-electron chi connectivity index (χ2n) is 4.37. The summed E-state index contributed by atoms with van der Waals surface area (Å²) in [6.45, 7) is 0. The molecule has 0 amide bonds. The van der Waals surface area contributed by atoms with E-state index in [0.29, 0.717) is 9.69 Å². The molecule has 0 radical (unpaired) electrons. The Bertz CT molecular complexity index is 963. The molecule has 0 aliphatic heterocycles. The largest absolute Gasteiger partial charge is 0.283 e. The third kappa shape index (κ3) is 4.05. The van der Waals surface area contributed by atoms with Crippen molar-refractivity contribution in [3.63, 3.8) is 0 Å². The molecule has 3 nitrogen and oxygen atoms in total. The molecule has 0 unspecified atom stereocenters. The molecule has 8 heteroatoms. The summed E-state index contributed by atoms with van der Waals surface area (Å²) in [7, 11) is -1.07. The molecule has 0 atom stereocenters. The summed E-state index contributed by atoms with van der Waals surface area (Å²) in [6, 6.07) is 17.9. The molecule has 118 valence electrons. The Morgan fingerprint density at radius 2 is 1.52 bits per heavy atom. The van der Waals surface area contributed by atoms with E-state index >= 15 is 0 Å². The molecule has 0 saturated heterocycles. The predicted molar refractivity (Wildman–Crippen MR) is 97.0 cm³/mol. The van der Waals surface area contributed by atoms with Gasteiger partial charge in [-0.3, -0.25) is 0 Å². The van der Waals surface area contributed by atoms with Gasteiger partial charge in [0.25, 0.3) is 10.0 Å². The number of halogens is 1. The molecule has 3 rings (SSSR count). The van der Waals surface area contributed by atoms with Gasteiger partial charge in [-0.25, -0.2) is 0 Å². The molecule has 0 bridgehead atoms. The Balaban J connectivity index is 1.96. The number of rotatable bonds is 4. The summed E-state index contributed by atoms with van der Waals surface area (Å²) in [5.41, 5.74) is 0. The summed E-state index contributed by atoms with van der Waals surface area (Å²) < 4.78 is 29.6. The fraction of sp³-hybridized carbons (Fsp3) is 0. The second-order valence-corrected chi connectivity index (χ2v) is 9.82. The van der Waals surface area contributed by atoms with Crippen molar-refractivity contribution in [1.82, 2.24) is 0 Å². The topological polar surface area (TPSA) is 46.5 Å². The van der Waals surface area contributed by atoms with E-state index in [1.54, 1.807) is 18.2 Å². The number of benzene rings is 2. The van der Waals surface area contributed by atoms with Gasteiger partial charge in [0.05, 0.1) is 9.10 Å². The predicted octanol–water partition coefficient (Wildman–Crippen LogP) is 4.90. The summed E-state index contributed by atoms with van der Waals surface area (Å²) in [5, 5.41) is 0.383. The maximum absolute atomic E-state index is 12.3. The smallest absolute Gasteiger partial charge is 0.199 e. The molecule has 0 spiro atoms. The van der Waals surface area contributed by atoms with Crippen LogP contribution >= 0.6 is 44.0 Å². The highest BCUT2D eigenvalue weighted by Crippen LogP contribution is 2.37. The van der Waals surface area contributed by atoms with Crippen LogP contribution in [0, 0.1) is 0 Å². The zero-order chi connectivity index (χ0) is 16.3.